The van der Waals surface area contributed by atoms with E-state index in [1.807, 2.05) is 12.1 Å². The average molecular weight is 221 g/mol. The minimum absolute atomic E-state index is 0.240. The molecule has 0 heterocycles. The number of phenols is 1. The third-order valence-electron chi connectivity index (χ3n) is 3.40. The highest BCUT2D eigenvalue weighted by Gasteiger charge is 2.31. The predicted octanol–water partition coefficient (Wildman–Crippen LogP) is 1.57. The van der Waals surface area contributed by atoms with Crippen molar-refractivity contribution in [2.24, 2.45) is 5.73 Å². The van der Waals surface area contributed by atoms with Gasteiger partial charge in [-0.3, -0.25) is 0 Å². The molecule has 4 N–H and O–H groups in total. The number of hydrogen-bond acceptors (Lipinski definition) is 3. The third kappa shape index (κ3) is 2.74. The first-order valence-electron chi connectivity index (χ1n) is 5.83. The summed E-state index contributed by atoms with van der Waals surface area (Å²) in [5.41, 5.74) is 6.17. The van der Waals surface area contributed by atoms with Crippen molar-refractivity contribution in [2.75, 3.05) is 0 Å². The van der Waals surface area contributed by atoms with E-state index < -0.39 is 5.60 Å². The molecule has 1 saturated carbocycles. The summed E-state index contributed by atoms with van der Waals surface area (Å²) >= 11 is 0. The number of benzene rings is 1. The Kier molecular flexibility index (Phi) is 3.17. The van der Waals surface area contributed by atoms with E-state index in [4.69, 9.17) is 5.73 Å². The van der Waals surface area contributed by atoms with E-state index in [0.717, 1.165) is 31.2 Å². The standard InChI is InChI=1S/C13H19NO2/c14-11-4-6-13(16,7-5-11)9-10-2-1-3-12(15)8-10/h1-3,8,11,15-16H,4-7,9,14H2. The van der Waals surface area contributed by atoms with Crippen LogP contribution in [0.15, 0.2) is 24.3 Å². The minimum Gasteiger partial charge on any atom is -0.508 e. The second kappa shape index (κ2) is 4.44. The van der Waals surface area contributed by atoms with Crippen molar-refractivity contribution in [3.8, 4) is 5.75 Å². The van der Waals surface area contributed by atoms with Crippen LogP contribution in [0.3, 0.4) is 0 Å². The van der Waals surface area contributed by atoms with Gasteiger partial charge in [0.25, 0.3) is 0 Å². The highest BCUT2D eigenvalue weighted by Crippen LogP contribution is 2.31. The minimum atomic E-state index is -0.635. The molecule has 3 nitrogen and oxygen atoms in total. The first-order chi connectivity index (χ1) is 7.57. The second-order valence-corrected chi connectivity index (χ2v) is 4.91. The summed E-state index contributed by atoms with van der Waals surface area (Å²) in [6, 6.07) is 7.34. The Labute approximate surface area is 95.9 Å². The van der Waals surface area contributed by atoms with E-state index in [0.29, 0.717) is 6.42 Å². The molecule has 0 atom stereocenters. The molecule has 0 aromatic heterocycles. The summed E-state index contributed by atoms with van der Waals surface area (Å²) < 4.78 is 0. The SMILES string of the molecule is NC1CCC(O)(Cc2cccc(O)c2)CC1. The monoisotopic (exact) mass is 221 g/mol. The number of nitrogens with two attached hydrogens (primary N) is 1. The van der Waals surface area contributed by atoms with Gasteiger partial charge < -0.3 is 15.9 Å². The first-order valence-corrected chi connectivity index (χ1v) is 5.83. The van der Waals surface area contributed by atoms with Gasteiger partial charge in [-0.1, -0.05) is 12.1 Å². The largest absolute Gasteiger partial charge is 0.508 e. The number of aliphatic hydroxyl groups is 1. The summed E-state index contributed by atoms with van der Waals surface area (Å²) in [7, 11) is 0. The molecule has 0 bridgehead atoms. The Balaban J connectivity index is 2.03. The molecule has 0 radical (unpaired) electrons. The molecule has 1 aliphatic carbocycles. The van der Waals surface area contributed by atoms with Crippen molar-refractivity contribution < 1.29 is 10.2 Å². The lowest BCUT2D eigenvalue weighted by Gasteiger charge is -2.34. The zero-order valence-corrected chi connectivity index (χ0v) is 9.39. The highest BCUT2D eigenvalue weighted by atomic mass is 16.3. The van der Waals surface area contributed by atoms with E-state index in [1.54, 1.807) is 12.1 Å². The predicted molar refractivity (Wildman–Crippen MR) is 63.2 cm³/mol. The van der Waals surface area contributed by atoms with Crippen molar-refractivity contribution in [1.82, 2.24) is 0 Å². The van der Waals surface area contributed by atoms with Gasteiger partial charge in [-0.2, -0.15) is 0 Å². The van der Waals surface area contributed by atoms with E-state index >= 15 is 0 Å². The van der Waals surface area contributed by atoms with E-state index in [1.165, 1.54) is 0 Å². The fourth-order valence-corrected chi connectivity index (χ4v) is 2.40. The van der Waals surface area contributed by atoms with Crippen molar-refractivity contribution in [3.63, 3.8) is 0 Å². The lowest BCUT2D eigenvalue weighted by molar-refractivity contribution is 0.000196. The molecule has 0 spiro atoms. The maximum atomic E-state index is 10.4. The molecule has 1 aliphatic rings. The Morgan fingerprint density at radius 1 is 1.31 bits per heavy atom. The molecule has 1 aromatic carbocycles. The molecular formula is C13H19NO2. The molecule has 88 valence electrons. The lowest BCUT2D eigenvalue weighted by atomic mass is 9.79. The molecule has 1 fully saturated rings. The van der Waals surface area contributed by atoms with Crippen LogP contribution in [-0.2, 0) is 6.42 Å². The fourth-order valence-electron chi connectivity index (χ4n) is 2.40. The third-order valence-corrected chi connectivity index (χ3v) is 3.40. The van der Waals surface area contributed by atoms with Crippen LogP contribution in [0.1, 0.15) is 31.2 Å². The van der Waals surface area contributed by atoms with Crippen LogP contribution in [0.25, 0.3) is 0 Å². The second-order valence-electron chi connectivity index (χ2n) is 4.91. The smallest absolute Gasteiger partial charge is 0.115 e. The fraction of sp³-hybridized carbons (Fsp3) is 0.538. The highest BCUT2D eigenvalue weighted by molar-refractivity contribution is 5.28. The van der Waals surface area contributed by atoms with Crippen LogP contribution in [0.4, 0.5) is 0 Å². The van der Waals surface area contributed by atoms with Crippen molar-refractivity contribution >= 4 is 0 Å². The van der Waals surface area contributed by atoms with Crippen molar-refractivity contribution in [1.29, 1.82) is 0 Å². The zero-order valence-electron chi connectivity index (χ0n) is 9.39. The van der Waals surface area contributed by atoms with Gasteiger partial charge in [0.15, 0.2) is 0 Å². The number of aromatic hydroxyl groups is 1. The first kappa shape index (κ1) is 11.4. The molecular weight excluding hydrogens is 202 g/mol. The maximum absolute atomic E-state index is 10.4. The van der Waals surface area contributed by atoms with Crippen LogP contribution in [-0.4, -0.2) is 21.9 Å². The van der Waals surface area contributed by atoms with Gasteiger partial charge in [-0.25, -0.2) is 0 Å². The summed E-state index contributed by atoms with van der Waals surface area (Å²) in [6.45, 7) is 0. The molecule has 0 saturated heterocycles. The van der Waals surface area contributed by atoms with Gasteiger partial charge in [-0.15, -0.1) is 0 Å². The van der Waals surface area contributed by atoms with E-state index in [-0.39, 0.29) is 11.8 Å². The van der Waals surface area contributed by atoms with Gasteiger partial charge >= 0.3 is 0 Å². The Morgan fingerprint density at radius 2 is 2.00 bits per heavy atom. The maximum Gasteiger partial charge on any atom is 0.115 e. The van der Waals surface area contributed by atoms with Gasteiger partial charge in [0.1, 0.15) is 5.75 Å². The lowest BCUT2D eigenvalue weighted by Crippen LogP contribution is -2.40. The quantitative estimate of drug-likeness (QED) is 0.710. The topological polar surface area (TPSA) is 66.5 Å². The molecule has 16 heavy (non-hydrogen) atoms. The molecule has 0 unspecified atom stereocenters. The summed E-state index contributed by atoms with van der Waals surface area (Å²) in [4.78, 5) is 0. The average Bonchev–Trinajstić information content (AvgIpc) is 2.23. The van der Waals surface area contributed by atoms with Crippen LogP contribution in [0.5, 0.6) is 5.75 Å². The zero-order chi connectivity index (χ0) is 11.6. The van der Waals surface area contributed by atoms with Gasteiger partial charge in [0, 0.05) is 12.5 Å². The van der Waals surface area contributed by atoms with Crippen molar-refractivity contribution in [3.05, 3.63) is 29.8 Å². The van der Waals surface area contributed by atoms with Crippen molar-refractivity contribution in [2.45, 2.75) is 43.7 Å². The Hall–Kier alpha value is -1.06. The van der Waals surface area contributed by atoms with E-state index in [9.17, 15) is 10.2 Å². The summed E-state index contributed by atoms with van der Waals surface area (Å²) in [5, 5.41) is 19.8. The molecule has 1 aromatic rings. The Morgan fingerprint density at radius 3 is 2.62 bits per heavy atom. The van der Waals surface area contributed by atoms with Crippen LogP contribution in [0.2, 0.25) is 0 Å². The van der Waals surface area contributed by atoms with Crippen LogP contribution >= 0.6 is 0 Å². The van der Waals surface area contributed by atoms with Crippen LogP contribution < -0.4 is 5.73 Å². The van der Waals surface area contributed by atoms with Gasteiger partial charge in [0.2, 0.25) is 0 Å². The molecule has 0 amide bonds. The summed E-state index contributed by atoms with van der Waals surface area (Å²) in [5.74, 6) is 0.258. The molecule has 3 heteroatoms. The molecule has 2 rings (SSSR count). The number of phenolic OH excluding ortho intramolecular Hbond substituents is 1. The van der Waals surface area contributed by atoms with E-state index in [2.05, 4.69) is 0 Å². The van der Waals surface area contributed by atoms with Gasteiger partial charge in [0.05, 0.1) is 5.60 Å². The van der Waals surface area contributed by atoms with Gasteiger partial charge in [-0.05, 0) is 43.4 Å². The number of hydrogen-bond donors (Lipinski definition) is 3. The molecule has 0 aliphatic heterocycles. The summed E-state index contributed by atoms with van der Waals surface area (Å²) in [6.07, 6.45) is 3.88. The normalized spacial score (nSPS) is 30.2. The van der Waals surface area contributed by atoms with Crippen LogP contribution in [0, 0.1) is 0 Å². The number of rotatable bonds is 2. The Bertz CT molecular complexity index is 357.